The summed E-state index contributed by atoms with van der Waals surface area (Å²) in [6, 6.07) is 1.71. The molecular formula is C14H22N2O3S. The Balaban J connectivity index is 2.55. The summed E-state index contributed by atoms with van der Waals surface area (Å²) in [7, 11) is 1.32. The highest BCUT2D eigenvalue weighted by atomic mass is 32.1. The van der Waals surface area contributed by atoms with Crippen LogP contribution in [-0.4, -0.2) is 25.5 Å². The molecule has 0 radical (unpaired) electrons. The van der Waals surface area contributed by atoms with E-state index in [1.165, 1.54) is 18.4 Å². The van der Waals surface area contributed by atoms with Crippen molar-refractivity contribution in [2.75, 3.05) is 19.0 Å². The van der Waals surface area contributed by atoms with Crippen LogP contribution < -0.4 is 11.1 Å². The molecule has 0 atom stereocenters. The Labute approximate surface area is 123 Å². The van der Waals surface area contributed by atoms with E-state index in [-0.39, 0.29) is 11.3 Å². The highest BCUT2D eigenvalue weighted by molar-refractivity contribution is 7.12. The van der Waals surface area contributed by atoms with Crippen molar-refractivity contribution in [1.29, 1.82) is 0 Å². The Hall–Kier alpha value is -1.40. The van der Waals surface area contributed by atoms with Gasteiger partial charge in [0.15, 0.2) is 0 Å². The lowest BCUT2D eigenvalue weighted by Crippen LogP contribution is -2.21. The molecule has 0 aliphatic heterocycles. The highest BCUT2D eigenvalue weighted by Gasteiger charge is 2.20. The normalized spacial score (nSPS) is 11.2. The van der Waals surface area contributed by atoms with Crippen LogP contribution in [0.4, 0.5) is 5.69 Å². The van der Waals surface area contributed by atoms with Crippen LogP contribution in [0.1, 0.15) is 42.8 Å². The van der Waals surface area contributed by atoms with Crippen LogP contribution in [0.25, 0.3) is 0 Å². The zero-order valence-electron chi connectivity index (χ0n) is 12.2. The third kappa shape index (κ3) is 4.94. The lowest BCUT2D eigenvalue weighted by Gasteiger charge is -2.23. The summed E-state index contributed by atoms with van der Waals surface area (Å²) < 4.78 is 4.67. The molecule has 1 aromatic heterocycles. The van der Waals surface area contributed by atoms with E-state index in [1.807, 2.05) is 0 Å². The molecular weight excluding hydrogens is 276 g/mol. The number of methoxy groups -OCH3 is 1. The average molecular weight is 298 g/mol. The summed E-state index contributed by atoms with van der Waals surface area (Å²) in [5.74, 6) is -0.530. The second-order valence-electron chi connectivity index (χ2n) is 5.41. The van der Waals surface area contributed by atoms with E-state index in [4.69, 9.17) is 5.73 Å². The van der Waals surface area contributed by atoms with Crippen LogP contribution in [0.15, 0.2) is 11.4 Å². The number of thiophene rings is 1. The molecule has 1 rings (SSSR count). The number of esters is 1. The van der Waals surface area contributed by atoms with Crippen LogP contribution in [0.3, 0.4) is 0 Å². The smallest absolute Gasteiger partial charge is 0.350 e. The zero-order valence-corrected chi connectivity index (χ0v) is 13.0. The minimum Gasteiger partial charge on any atom is -0.465 e. The SMILES string of the molecule is COC(=O)c1sccc1NC(=O)CCC(C)(C)CCN. The van der Waals surface area contributed by atoms with Crippen molar-refractivity contribution in [3.63, 3.8) is 0 Å². The molecule has 0 bridgehead atoms. The first kappa shape index (κ1) is 16.7. The third-order valence-electron chi connectivity index (χ3n) is 3.16. The Morgan fingerprint density at radius 1 is 1.40 bits per heavy atom. The molecule has 0 saturated carbocycles. The molecule has 0 aliphatic rings. The number of hydrogen-bond donors (Lipinski definition) is 2. The first-order valence-corrected chi connectivity index (χ1v) is 7.43. The van der Waals surface area contributed by atoms with Gasteiger partial charge in [-0.1, -0.05) is 13.8 Å². The summed E-state index contributed by atoms with van der Waals surface area (Å²) >= 11 is 1.25. The van der Waals surface area contributed by atoms with E-state index in [9.17, 15) is 9.59 Å². The molecule has 0 aromatic carbocycles. The number of carbonyl (C=O) groups excluding carboxylic acids is 2. The van der Waals surface area contributed by atoms with Gasteiger partial charge in [-0.15, -0.1) is 11.3 Å². The van der Waals surface area contributed by atoms with Gasteiger partial charge in [0.05, 0.1) is 12.8 Å². The van der Waals surface area contributed by atoms with Crippen LogP contribution >= 0.6 is 11.3 Å². The Morgan fingerprint density at radius 2 is 2.10 bits per heavy atom. The van der Waals surface area contributed by atoms with E-state index in [1.54, 1.807) is 11.4 Å². The maximum absolute atomic E-state index is 11.9. The lowest BCUT2D eigenvalue weighted by atomic mass is 9.84. The number of carbonyl (C=O) groups is 2. The number of anilines is 1. The molecule has 0 fully saturated rings. The predicted octanol–water partition coefficient (Wildman–Crippen LogP) is 2.63. The van der Waals surface area contributed by atoms with Gasteiger partial charge in [0, 0.05) is 6.42 Å². The third-order valence-corrected chi connectivity index (χ3v) is 4.05. The minimum absolute atomic E-state index is 0.0475. The number of nitrogens with two attached hydrogens (primary N) is 1. The molecule has 1 amide bonds. The van der Waals surface area contributed by atoms with Crippen molar-refractivity contribution >= 4 is 28.9 Å². The summed E-state index contributed by atoms with van der Waals surface area (Å²) in [6.45, 7) is 4.81. The molecule has 20 heavy (non-hydrogen) atoms. The molecule has 6 heteroatoms. The summed E-state index contributed by atoms with van der Waals surface area (Å²) in [4.78, 5) is 23.9. The van der Waals surface area contributed by atoms with Crippen LogP contribution in [0.5, 0.6) is 0 Å². The second kappa shape index (κ2) is 7.40. The van der Waals surface area contributed by atoms with Crippen molar-refractivity contribution in [1.82, 2.24) is 0 Å². The van der Waals surface area contributed by atoms with Gasteiger partial charge in [0.1, 0.15) is 4.88 Å². The van der Waals surface area contributed by atoms with Crippen molar-refractivity contribution in [3.8, 4) is 0 Å². The molecule has 1 heterocycles. The van der Waals surface area contributed by atoms with Gasteiger partial charge in [-0.2, -0.15) is 0 Å². The van der Waals surface area contributed by atoms with Gasteiger partial charge in [0.2, 0.25) is 5.91 Å². The van der Waals surface area contributed by atoms with E-state index in [2.05, 4.69) is 23.9 Å². The summed E-state index contributed by atoms with van der Waals surface area (Å²) in [6.07, 6.45) is 2.04. The molecule has 1 aromatic rings. The van der Waals surface area contributed by atoms with Gasteiger partial charge >= 0.3 is 5.97 Å². The molecule has 0 unspecified atom stereocenters. The average Bonchev–Trinajstić information content (AvgIpc) is 2.83. The van der Waals surface area contributed by atoms with E-state index in [0.717, 1.165) is 12.8 Å². The molecule has 0 aliphatic carbocycles. The first-order valence-electron chi connectivity index (χ1n) is 6.55. The largest absolute Gasteiger partial charge is 0.465 e. The fourth-order valence-corrected chi connectivity index (χ4v) is 2.60. The fourth-order valence-electron chi connectivity index (χ4n) is 1.84. The first-order chi connectivity index (χ1) is 9.39. The summed E-state index contributed by atoms with van der Waals surface area (Å²) in [5, 5.41) is 4.51. The molecule has 0 spiro atoms. The molecule has 0 saturated heterocycles. The van der Waals surface area contributed by atoms with Gasteiger partial charge in [-0.3, -0.25) is 4.79 Å². The maximum atomic E-state index is 11.9. The topological polar surface area (TPSA) is 81.4 Å². The van der Waals surface area contributed by atoms with E-state index < -0.39 is 5.97 Å². The Morgan fingerprint density at radius 3 is 2.70 bits per heavy atom. The zero-order chi connectivity index (χ0) is 15.2. The van der Waals surface area contributed by atoms with Gasteiger partial charge in [-0.05, 0) is 36.2 Å². The second-order valence-corrected chi connectivity index (χ2v) is 6.32. The van der Waals surface area contributed by atoms with E-state index in [0.29, 0.717) is 23.5 Å². The number of nitrogens with one attached hydrogen (secondary N) is 1. The van der Waals surface area contributed by atoms with Crippen LogP contribution in [-0.2, 0) is 9.53 Å². The number of ether oxygens (including phenoxy) is 1. The monoisotopic (exact) mass is 298 g/mol. The van der Waals surface area contributed by atoms with E-state index >= 15 is 0 Å². The van der Waals surface area contributed by atoms with Crippen molar-refractivity contribution < 1.29 is 14.3 Å². The van der Waals surface area contributed by atoms with Gasteiger partial charge < -0.3 is 15.8 Å². The van der Waals surface area contributed by atoms with Gasteiger partial charge in [0.25, 0.3) is 0 Å². The van der Waals surface area contributed by atoms with Crippen LogP contribution in [0.2, 0.25) is 0 Å². The van der Waals surface area contributed by atoms with Crippen LogP contribution in [0, 0.1) is 5.41 Å². The molecule has 5 nitrogen and oxygen atoms in total. The minimum atomic E-state index is -0.432. The van der Waals surface area contributed by atoms with Crippen molar-refractivity contribution in [2.24, 2.45) is 11.1 Å². The predicted molar refractivity (Wildman–Crippen MR) is 81.0 cm³/mol. The summed E-state index contributed by atoms with van der Waals surface area (Å²) in [5.41, 5.74) is 6.11. The highest BCUT2D eigenvalue weighted by Crippen LogP contribution is 2.27. The van der Waals surface area contributed by atoms with Crippen molar-refractivity contribution in [2.45, 2.75) is 33.1 Å². The molecule has 3 N–H and O–H groups in total. The maximum Gasteiger partial charge on any atom is 0.350 e. The quantitative estimate of drug-likeness (QED) is 0.758. The number of hydrogen-bond acceptors (Lipinski definition) is 5. The standard InChI is InChI=1S/C14H22N2O3S/c1-14(2,7-8-15)6-4-11(17)16-10-5-9-20-12(10)13(18)19-3/h5,9H,4,6-8,15H2,1-3H3,(H,16,17). The Kier molecular flexibility index (Phi) is 6.16. The molecule has 112 valence electrons. The van der Waals surface area contributed by atoms with Crippen molar-refractivity contribution in [3.05, 3.63) is 16.3 Å². The number of rotatable bonds is 7. The lowest BCUT2D eigenvalue weighted by molar-refractivity contribution is -0.116. The number of amides is 1. The van der Waals surface area contributed by atoms with Gasteiger partial charge in [-0.25, -0.2) is 4.79 Å². The Bertz CT molecular complexity index is 469. The fraction of sp³-hybridized carbons (Fsp3) is 0.571.